The van der Waals surface area contributed by atoms with Crippen LogP contribution in [0.4, 0.5) is 5.69 Å². The molecule has 0 spiro atoms. The third kappa shape index (κ3) is 4.66. The third-order valence-corrected chi connectivity index (χ3v) is 6.82. The zero-order valence-electron chi connectivity index (χ0n) is 15.6. The molecular weight excluding hydrogens is 400 g/mol. The molecule has 8 heteroatoms. The van der Waals surface area contributed by atoms with E-state index in [9.17, 15) is 13.2 Å². The van der Waals surface area contributed by atoms with Crippen molar-refractivity contribution in [3.8, 4) is 5.75 Å². The van der Waals surface area contributed by atoms with Crippen LogP contribution in [0.3, 0.4) is 0 Å². The quantitative estimate of drug-likeness (QED) is 0.733. The van der Waals surface area contributed by atoms with E-state index in [1.165, 1.54) is 16.4 Å². The fraction of sp³-hybridized carbons (Fsp3) is 0.350. The van der Waals surface area contributed by atoms with Gasteiger partial charge in [0.15, 0.2) is 6.10 Å². The first-order valence-electron chi connectivity index (χ1n) is 9.24. The second kappa shape index (κ2) is 8.94. The minimum Gasteiger partial charge on any atom is -0.479 e. The minimum atomic E-state index is -3.47. The van der Waals surface area contributed by atoms with Crippen molar-refractivity contribution in [1.29, 1.82) is 0 Å². The van der Waals surface area contributed by atoms with Crippen molar-refractivity contribution >= 4 is 33.2 Å². The first-order chi connectivity index (χ1) is 13.4. The van der Waals surface area contributed by atoms with Crippen molar-refractivity contribution in [2.45, 2.75) is 37.2 Å². The van der Waals surface area contributed by atoms with Gasteiger partial charge in [0.05, 0.1) is 9.92 Å². The van der Waals surface area contributed by atoms with Crippen molar-refractivity contribution in [1.82, 2.24) is 4.31 Å². The van der Waals surface area contributed by atoms with Gasteiger partial charge < -0.3 is 10.1 Å². The lowest BCUT2D eigenvalue weighted by Crippen LogP contribution is -2.32. The normalized spacial score (nSPS) is 15.9. The topological polar surface area (TPSA) is 75.7 Å². The Balaban J connectivity index is 1.67. The largest absolute Gasteiger partial charge is 0.479 e. The highest BCUT2D eigenvalue weighted by atomic mass is 35.5. The van der Waals surface area contributed by atoms with Gasteiger partial charge in [-0.25, -0.2) is 8.42 Å². The molecule has 28 heavy (non-hydrogen) atoms. The lowest BCUT2D eigenvalue weighted by atomic mass is 10.2. The zero-order valence-corrected chi connectivity index (χ0v) is 17.2. The molecule has 1 heterocycles. The number of anilines is 1. The maximum absolute atomic E-state index is 12.6. The van der Waals surface area contributed by atoms with E-state index < -0.39 is 16.1 Å². The number of ether oxygens (including phenoxy) is 1. The average molecular weight is 423 g/mol. The second-order valence-electron chi connectivity index (χ2n) is 6.57. The van der Waals surface area contributed by atoms with Crippen LogP contribution in [0, 0.1) is 0 Å². The molecule has 1 amide bonds. The predicted molar refractivity (Wildman–Crippen MR) is 109 cm³/mol. The van der Waals surface area contributed by atoms with Crippen LogP contribution in [0.5, 0.6) is 5.75 Å². The van der Waals surface area contributed by atoms with E-state index >= 15 is 0 Å². The van der Waals surface area contributed by atoms with Crippen LogP contribution in [-0.2, 0) is 14.8 Å². The van der Waals surface area contributed by atoms with Gasteiger partial charge >= 0.3 is 0 Å². The van der Waals surface area contributed by atoms with Crippen LogP contribution in [0.25, 0.3) is 0 Å². The van der Waals surface area contributed by atoms with Gasteiger partial charge in [-0.3, -0.25) is 4.79 Å². The highest BCUT2D eigenvalue weighted by molar-refractivity contribution is 7.89. The van der Waals surface area contributed by atoms with Gasteiger partial charge in [0.25, 0.3) is 5.91 Å². The molecule has 0 saturated carbocycles. The Hall–Kier alpha value is -2.09. The lowest BCUT2D eigenvalue weighted by Gasteiger charge is -2.18. The molecule has 1 fully saturated rings. The van der Waals surface area contributed by atoms with E-state index in [1.54, 1.807) is 36.4 Å². The van der Waals surface area contributed by atoms with Crippen molar-refractivity contribution in [3.63, 3.8) is 0 Å². The fourth-order valence-corrected chi connectivity index (χ4v) is 4.72. The number of halogens is 1. The van der Waals surface area contributed by atoms with Crippen LogP contribution in [0.1, 0.15) is 26.2 Å². The van der Waals surface area contributed by atoms with Gasteiger partial charge in [-0.15, -0.1) is 0 Å². The molecule has 3 rings (SSSR count). The van der Waals surface area contributed by atoms with E-state index in [-0.39, 0.29) is 10.8 Å². The standard InChI is InChI=1S/C20H23ClN2O4S/c1-2-18(27-19-8-4-3-7-17(19)21)20(24)22-15-9-11-16(12-10-15)28(25,26)23-13-5-6-14-23/h3-4,7-12,18H,2,5-6,13-14H2,1H3,(H,22,24)/t18-/m1/s1. The highest BCUT2D eigenvalue weighted by Crippen LogP contribution is 2.26. The molecular formula is C20H23ClN2O4S. The fourth-order valence-electron chi connectivity index (χ4n) is 3.03. The highest BCUT2D eigenvalue weighted by Gasteiger charge is 2.27. The van der Waals surface area contributed by atoms with Gasteiger partial charge in [-0.05, 0) is 55.7 Å². The molecule has 1 aliphatic rings. The van der Waals surface area contributed by atoms with Crippen molar-refractivity contribution in [2.24, 2.45) is 0 Å². The Morgan fingerprint density at radius 1 is 1.14 bits per heavy atom. The summed E-state index contributed by atoms with van der Waals surface area (Å²) in [5.74, 6) is 0.121. The first kappa shape index (κ1) is 20.6. The number of nitrogens with zero attached hydrogens (tertiary/aromatic N) is 1. The van der Waals surface area contributed by atoms with Gasteiger partial charge in [-0.2, -0.15) is 4.31 Å². The molecule has 2 aromatic carbocycles. The summed E-state index contributed by atoms with van der Waals surface area (Å²) in [7, 11) is -3.47. The van der Waals surface area contributed by atoms with Crippen LogP contribution in [0.2, 0.25) is 5.02 Å². The Morgan fingerprint density at radius 2 is 1.79 bits per heavy atom. The molecule has 0 unspecified atom stereocenters. The lowest BCUT2D eigenvalue weighted by molar-refractivity contribution is -0.122. The van der Waals surface area contributed by atoms with Gasteiger partial charge in [0.1, 0.15) is 5.75 Å². The maximum atomic E-state index is 12.6. The third-order valence-electron chi connectivity index (χ3n) is 4.59. The number of para-hydroxylation sites is 1. The maximum Gasteiger partial charge on any atom is 0.265 e. The van der Waals surface area contributed by atoms with E-state index in [4.69, 9.17) is 16.3 Å². The summed E-state index contributed by atoms with van der Waals surface area (Å²) in [6.07, 6.45) is 1.51. The Kier molecular flexibility index (Phi) is 6.59. The van der Waals surface area contributed by atoms with Crippen molar-refractivity contribution in [3.05, 3.63) is 53.6 Å². The number of nitrogens with one attached hydrogen (secondary N) is 1. The molecule has 6 nitrogen and oxygen atoms in total. The molecule has 1 atom stereocenters. The summed E-state index contributed by atoms with van der Waals surface area (Å²) in [6, 6.07) is 13.2. The molecule has 1 N–H and O–H groups in total. The molecule has 1 saturated heterocycles. The number of amides is 1. The smallest absolute Gasteiger partial charge is 0.265 e. The number of carbonyl (C=O) groups is 1. The van der Waals surface area contributed by atoms with E-state index in [0.29, 0.717) is 36.0 Å². The summed E-state index contributed by atoms with van der Waals surface area (Å²) in [4.78, 5) is 12.8. The van der Waals surface area contributed by atoms with Crippen LogP contribution >= 0.6 is 11.6 Å². The van der Waals surface area contributed by atoms with Crippen LogP contribution in [0.15, 0.2) is 53.4 Å². The van der Waals surface area contributed by atoms with Crippen LogP contribution < -0.4 is 10.1 Å². The number of hydrogen-bond acceptors (Lipinski definition) is 4. The van der Waals surface area contributed by atoms with E-state index in [2.05, 4.69) is 5.32 Å². The molecule has 0 aliphatic carbocycles. The monoisotopic (exact) mass is 422 g/mol. The second-order valence-corrected chi connectivity index (χ2v) is 8.92. The number of sulfonamides is 1. The Morgan fingerprint density at radius 3 is 2.39 bits per heavy atom. The molecule has 2 aromatic rings. The average Bonchev–Trinajstić information content (AvgIpc) is 3.23. The Labute approximate surface area is 170 Å². The summed E-state index contributed by atoms with van der Waals surface area (Å²) in [6.45, 7) is 2.95. The molecule has 0 bridgehead atoms. The number of rotatable bonds is 7. The number of benzene rings is 2. The summed E-state index contributed by atoms with van der Waals surface area (Å²) in [5.41, 5.74) is 0.506. The molecule has 0 radical (unpaired) electrons. The van der Waals surface area contributed by atoms with Crippen molar-refractivity contribution < 1.29 is 17.9 Å². The van der Waals surface area contributed by atoms with Crippen molar-refractivity contribution in [2.75, 3.05) is 18.4 Å². The predicted octanol–water partition coefficient (Wildman–Crippen LogP) is 3.92. The van der Waals surface area contributed by atoms with E-state index in [1.807, 2.05) is 6.92 Å². The number of hydrogen-bond donors (Lipinski definition) is 1. The SMILES string of the molecule is CC[C@@H](Oc1ccccc1Cl)C(=O)Nc1ccc(S(=O)(=O)N2CCCC2)cc1. The minimum absolute atomic E-state index is 0.228. The number of carbonyl (C=O) groups excluding carboxylic acids is 1. The van der Waals surface area contributed by atoms with Gasteiger partial charge in [0, 0.05) is 18.8 Å². The molecule has 0 aromatic heterocycles. The van der Waals surface area contributed by atoms with Crippen LogP contribution in [-0.4, -0.2) is 37.8 Å². The first-order valence-corrected chi connectivity index (χ1v) is 11.1. The summed E-state index contributed by atoms with van der Waals surface area (Å²) >= 11 is 6.09. The zero-order chi connectivity index (χ0) is 20.1. The summed E-state index contributed by atoms with van der Waals surface area (Å²) in [5, 5.41) is 3.20. The molecule has 150 valence electrons. The Bertz CT molecular complexity index is 925. The summed E-state index contributed by atoms with van der Waals surface area (Å²) < 4.78 is 32.3. The molecule has 1 aliphatic heterocycles. The van der Waals surface area contributed by atoms with E-state index in [0.717, 1.165) is 12.8 Å². The van der Waals surface area contributed by atoms with Gasteiger partial charge in [-0.1, -0.05) is 30.7 Å². The van der Waals surface area contributed by atoms with Gasteiger partial charge in [0.2, 0.25) is 10.0 Å².